The van der Waals surface area contributed by atoms with Crippen molar-refractivity contribution in [1.82, 2.24) is 10.3 Å². The van der Waals surface area contributed by atoms with E-state index < -0.39 is 0 Å². The predicted octanol–water partition coefficient (Wildman–Crippen LogP) is 2.62. The van der Waals surface area contributed by atoms with Crippen LogP contribution in [0.4, 0.5) is 5.82 Å². The van der Waals surface area contributed by atoms with Crippen LogP contribution in [0.3, 0.4) is 0 Å². The smallest absolute Gasteiger partial charge is 0.128 e. The molecule has 3 N–H and O–H groups in total. The van der Waals surface area contributed by atoms with Gasteiger partial charge in [0.1, 0.15) is 11.9 Å². The van der Waals surface area contributed by atoms with Gasteiger partial charge in [0, 0.05) is 18.9 Å². The van der Waals surface area contributed by atoms with E-state index in [0.29, 0.717) is 5.82 Å². The lowest BCUT2D eigenvalue weighted by molar-refractivity contribution is 0.0703. The van der Waals surface area contributed by atoms with Gasteiger partial charge in [-0.3, -0.25) is 0 Å². The Labute approximate surface area is 120 Å². The third-order valence-electron chi connectivity index (χ3n) is 3.42. The zero-order chi connectivity index (χ0) is 14.5. The molecular weight excluding hydrogens is 250 g/mol. The van der Waals surface area contributed by atoms with Gasteiger partial charge < -0.3 is 15.8 Å². The molecule has 2 atom stereocenters. The molecular formula is C16H21N3O. The molecule has 0 fully saturated rings. The summed E-state index contributed by atoms with van der Waals surface area (Å²) in [5, 5.41) is 3.29. The number of anilines is 1. The van der Waals surface area contributed by atoms with Crippen molar-refractivity contribution in [3.8, 4) is 0 Å². The second-order valence-corrected chi connectivity index (χ2v) is 4.82. The summed E-state index contributed by atoms with van der Waals surface area (Å²) in [7, 11) is 3.61. The van der Waals surface area contributed by atoms with E-state index in [4.69, 9.17) is 10.5 Å². The van der Waals surface area contributed by atoms with Crippen molar-refractivity contribution in [2.45, 2.75) is 19.1 Å². The Balaban J connectivity index is 2.42. The van der Waals surface area contributed by atoms with Gasteiger partial charge in [0.25, 0.3) is 0 Å². The van der Waals surface area contributed by atoms with Gasteiger partial charge in [-0.25, -0.2) is 4.98 Å². The van der Waals surface area contributed by atoms with Crippen molar-refractivity contribution in [3.63, 3.8) is 0 Å². The number of rotatable bonds is 5. The highest BCUT2D eigenvalue weighted by Crippen LogP contribution is 2.33. The summed E-state index contributed by atoms with van der Waals surface area (Å²) in [6, 6.07) is 12.1. The van der Waals surface area contributed by atoms with Crippen molar-refractivity contribution in [2.24, 2.45) is 0 Å². The number of benzene rings is 1. The third kappa shape index (κ3) is 2.98. The molecule has 106 valence electrons. The first kappa shape index (κ1) is 14.5. The molecule has 0 aliphatic carbocycles. The van der Waals surface area contributed by atoms with E-state index in [2.05, 4.69) is 28.5 Å². The van der Waals surface area contributed by atoms with Gasteiger partial charge in [0.05, 0.1) is 6.04 Å². The van der Waals surface area contributed by atoms with Crippen LogP contribution in [0, 0.1) is 6.92 Å². The third-order valence-corrected chi connectivity index (χ3v) is 3.42. The number of nitrogens with one attached hydrogen (secondary N) is 1. The summed E-state index contributed by atoms with van der Waals surface area (Å²) in [5.74, 6) is 0.535. The van der Waals surface area contributed by atoms with Crippen LogP contribution in [-0.4, -0.2) is 19.1 Å². The first-order chi connectivity index (χ1) is 9.67. The topological polar surface area (TPSA) is 60.2 Å². The lowest BCUT2D eigenvalue weighted by Crippen LogP contribution is -2.26. The average Bonchev–Trinajstić information content (AvgIpc) is 2.48. The van der Waals surface area contributed by atoms with Gasteiger partial charge >= 0.3 is 0 Å². The number of aromatic nitrogens is 1. The van der Waals surface area contributed by atoms with Crippen LogP contribution >= 0.6 is 0 Å². The number of hydrogen-bond donors (Lipinski definition) is 2. The number of pyridine rings is 1. The Morgan fingerprint density at radius 1 is 1.25 bits per heavy atom. The fourth-order valence-electron chi connectivity index (χ4n) is 2.43. The standard InChI is InChI=1S/C16H21N3O/c1-11-9-13(16(17)19-10-11)14(18-2)15(20-3)12-7-5-4-6-8-12/h4-10,14-15,18H,1-3H3,(H2,17,19). The number of hydrogen-bond acceptors (Lipinski definition) is 4. The van der Waals surface area contributed by atoms with Crippen LogP contribution < -0.4 is 11.1 Å². The van der Waals surface area contributed by atoms with E-state index in [1.807, 2.05) is 32.2 Å². The number of nitrogens with two attached hydrogens (primary N) is 1. The molecule has 0 radical (unpaired) electrons. The highest BCUT2D eigenvalue weighted by molar-refractivity contribution is 5.44. The van der Waals surface area contributed by atoms with Gasteiger partial charge in [-0.2, -0.15) is 0 Å². The summed E-state index contributed by atoms with van der Waals surface area (Å²) >= 11 is 0. The van der Waals surface area contributed by atoms with Crippen molar-refractivity contribution in [1.29, 1.82) is 0 Å². The molecule has 0 aliphatic rings. The maximum atomic E-state index is 6.03. The van der Waals surface area contributed by atoms with Crippen LogP contribution in [-0.2, 0) is 4.74 Å². The van der Waals surface area contributed by atoms with Crippen LogP contribution in [0.5, 0.6) is 0 Å². The summed E-state index contributed by atoms with van der Waals surface area (Å²) in [6.07, 6.45) is 1.66. The lowest BCUT2D eigenvalue weighted by atomic mass is 9.95. The first-order valence-electron chi connectivity index (χ1n) is 6.64. The Morgan fingerprint density at radius 2 is 1.95 bits per heavy atom. The Bertz CT molecular complexity index is 557. The fraction of sp³-hybridized carbons (Fsp3) is 0.312. The van der Waals surface area contributed by atoms with Gasteiger partial charge in [-0.05, 0) is 31.2 Å². The molecule has 1 heterocycles. The van der Waals surface area contributed by atoms with E-state index >= 15 is 0 Å². The Hall–Kier alpha value is -1.91. The van der Waals surface area contributed by atoms with E-state index in [-0.39, 0.29) is 12.1 Å². The van der Waals surface area contributed by atoms with Crippen molar-refractivity contribution < 1.29 is 4.74 Å². The van der Waals surface area contributed by atoms with Gasteiger partial charge in [-0.15, -0.1) is 0 Å². The molecule has 2 rings (SSSR count). The summed E-state index contributed by atoms with van der Waals surface area (Å²) < 4.78 is 5.69. The van der Waals surface area contributed by atoms with Gasteiger partial charge in [-0.1, -0.05) is 30.3 Å². The maximum Gasteiger partial charge on any atom is 0.128 e. The molecule has 0 aliphatic heterocycles. The van der Waals surface area contributed by atoms with Crippen LogP contribution in [0.15, 0.2) is 42.6 Å². The minimum Gasteiger partial charge on any atom is -0.383 e. The average molecular weight is 271 g/mol. The molecule has 0 saturated carbocycles. The molecule has 1 aromatic heterocycles. The van der Waals surface area contributed by atoms with E-state index in [0.717, 1.165) is 16.7 Å². The predicted molar refractivity (Wildman–Crippen MR) is 81.4 cm³/mol. The lowest BCUT2D eigenvalue weighted by Gasteiger charge is -2.27. The molecule has 1 aromatic carbocycles. The SMILES string of the molecule is CNC(c1cc(C)cnc1N)C(OC)c1ccccc1. The molecule has 0 bridgehead atoms. The minimum atomic E-state index is -0.118. The van der Waals surface area contributed by atoms with Crippen molar-refractivity contribution in [2.75, 3.05) is 19.9 Å². The minimum absolute atomic E-state index is 0.0465. The molecule has 0 saturated heterocycles. The van der Waals surface area contributed by atoms with Crippen LogP contribution in [0.1, 0.15) is 28.8 Å². The molecule has 0 amide bonds. The molecule has 4 nitrogen and oxygen atoms in total. The fourth-order valence-corrected chi connectivity index (χ4v) is 2.43. The number of likely N-dealkylation sites (N-methyl/N-ethyl adjacent to an activating group) is 1. The summed E-state index contributed by atoms with van der Waals surface area (Å²) in [6.45, 7) is 2.01. The van der Waals surface area contributed by atoms with Gasteiger partial charge in [0.15, 0.2) is 0 Å². The number of nitrogens with zero attached hydrogens (tertiary/aromatic N) is 1. The molecule has 4 heteroatoms. The number of nitrogen functional groups attached to an aromatic ring is 1. The highest BCUT2D eigenvalue weighted by Gasteiger charge is 2.25. The van der Waals surface area contributed by atoms with E-state index in [9.17, 15) is 0 Å². The zero-order valence-corrected chi connectivity index (χ0v) is 12.1. The van der Waals surface area contributed by atoms with Crippen LogP contribution in [0.2, 0.25) is 0 Å². The molecule has 20 heavy (non-hydrogen) atoms. The number of ether oxygens (including phenoxy) is 1. The quantitative estimate of drug-likeness (QED) is 0.877. The monoisotopic (exact) mass is 271 g/mol. The maximum absolute atomic E-state index is 6.03. The normalized spacial score (nSPS) is 13.9. The highest BCUT2D eigenvalue weighted by atomic mass is 16.5. The van der Waals surface area contributed by atoms with Crippen molar-refractivity contribution >= 4 is 5.82 Å². The van der Waals surface area contributed by atoms with Crippen molar-refractivity contribution in [3.05, 3.63) is 59.3 Å². The second-order valence-electron chi connectivity index (χ2n) is 4.82. The molecule has 0 spiro atoms. The summed E-state index contributed by atoms with van der Waals surface area (Å²) in [5.41, 5.74) is 9.18. The Morgan fingerprint density at radius 3 is 2.55 bits per heavy atom. The molecule has 2 aromatic rings. The zero-order valence-electron chi connectivity index (χ0n) is 12.1. The second kappa shape index (κ2) is 6.50. The molecule has 2 unspecified atom stereocenters. The Kier molecular flexibility index (Phi) is 4.71. The summed E-state index contributed by atoms with van der Waals surface area (Å²) in [4.78, 5) is 4.24. The largest absolute Gasteiger partial charge is 0.383 e. The van der Waals surface area contributed by atoms with Crippen LogP contribution in [0.25, 0.3) is 0 Å². The number of aryl methyl sites for hydroxylation is 1. The van der Waals surface area contributed by atoms with E-state index in [1.54, 1.807) is 13.3 Å². The first-order valence-corrected chi connectivity index (χ1v) is 6.64. The van der Waals surface area contributed by atoms with Gasteiger partial charge in [0.2, 0.25) is 0 Å². The number of methoxy groups -OCH3 is 1. The van der Waals surface area contributed by atoms with E-state index in [1.165, 1.54) is 0 Å².